The largest absolute Gasteiger partial charge is 0.378 e. The maximum absolute atomic E-state index is 12.8. The van der Waals surface area contributed by atoms with Gasteiger partial charge in [-0.1, -0.05) is 38.5 Å². The van der Waals surface area contributed by atoms with Crippen LogP contribution < -0.4 is 10.5 Å². The number of carbonyl (C=O) groups excluding carboxylic acids is 1. The quantitative estimate of drug-likeness (QED) is 0.716. The van der Waals surface area contributed by atoms with E-state index in [1.54, 1.807) is 0 Å². The summed E-state index contributed by atoms with van der Waals surface area (Å²) in [6, 6.07) is -0.343. The lowest BCUT2D eigenvalue weighted by atomic mass is 9.85. The van der Waals surface area contributed by atoms with Crippen molar-refractivity contribution >= 4 is 15.9 Å². The Hall–Kier alpha value is -0.660. The van der Waals surface area contributed by atoms with Gasteiger partial charge in [-0.25, -0.2) is 13.6 Å². The first-order chi connectivity index (χ1) is 12.9. The molecular formula is C20H36N2O4S. The molecular weight excluding hydrogens is 364 g/mol. The maximum Gasteiger partial charge on any atom is 0.223 e. The zero-order chi connectivity index (χ0) is 19.3. The van der Waals surface area contributed by atoms with E-state index in [-0.39, 0.29) is 24.0 Å². The Morgan fingerprint density at radius 3 is 2.37 bits per heavy atom. The molecule has 3 aliphatic carbocycles. The normalized spacial score (nSPS) is 33.5. The van der Waals surface area contributed by atoms with Crippen molar-refractivity contribution in [1.82, 2.24) is 5.32 Å². The lowest BCUT2D eigenvalue weighted by Gasteiger charge is -2.34. The van der Waals surface area contributed by atoms with Crippen LogP contribution in [0.1, 0.15) is 83.5 Å². The van der Waals surface area contributed by atoms with Gasteiger partial charge in [0, 0.05) is 18.6 Å². The molecule has 3 aliphatic rings. The predicted octanol–water partition coefficient (Wildman–Crippen LogP) is 2.86. The van der Waals surface area contributed by atoms with Gasteiger partial charge in [-0.2, -0.15) is 0 Å². The minimum atomic E-state index is -3.62. The van der Waals surface area contributed by atoms with E-state index < -0.39 is 15.3 Å². The van der Waals surface area contributed by atoms with Crippen LogP contribution in [0.5, 0.6) is 0 Å². The highest BCUT2D eigenvalue weighted by atomic mass is 32.2. The SMILES string of the molecule is NS(=O)(=O)C1CCCCC1NC(=O)C1CCCC(OCC2CCCCC2)C1. The van der Waals surface area contributed by atoms with Gasteiger partial charge < -0.3 is 10.1 Å². The molecule has 27 heavy (non-hydrogen) atoms. The van der Waals surface area contributed by atoms with Gasteiger partial charge in [-0.05, 0) is 50.9 Å². The summed E-state index contributed by atoms with van der Waals surface area (Å²) >= 11 is 0. The fraction of sp³-hybridized carbons (Fsp3) is 0.950. The van der Waals surface area contributed by atoms with Gasteiger partial charge >= 0.3 is 0 Å². The summed E-state index contributed by atoms with van der Waals surface area (Å²) < 4.78 is 29.9. The number of ether oxygens (including phenoxy) is 1. The zero-order valence-corrected chi connectivity index (χ0v) is 17.2. The molecule has 0 spiro atoms. The van der Waals surface area contributed by atoms with E-state index in [9.17, 15) is 13.2 Å². The summed E-state index contributed by atoms with van der Waals surface area (Å²) in [5.41, 5.74) is 0. The molecule has 0 aromatic carbocycles. The summed E-state index contributed by atoms with van der Waals surface area (Å²) in [5, 5.41) is 7.76. The van der Waals surface area contributed by atoms with E-state index in [4.69, 9.17) is 9.88 Å². The van der Waals surface area contributed by atoms with Crippen LogP contribution in [0.2, 0.25) is 0 Å². The lowest BCUT2D eigenvalue weighted by Crippen LogP contribution is -2.52. The van der Waals surface area contributed by atoms with Crippen LogP contribution in [-0.4, -0.2) is 38.3 Å². The molecule has 3 saturated carbocycles. The van der Waals surface area contributed by atoms with Crippen LogP contribution in [0.25, 0.3) is 0 Å². The third-order valence-corrected chi connectivity index (χ3v) is 8.15. The molecule has 0 saturated heterocycles. The Kier molecular flexibility index (Phi) is 7.57. The van der Waals surface area contributed by atoms with Crippen LogP contribution in [-0.2, 0) is 19.6 Å². The monoisotopic (exact) mass is 400 g/mol. The highest BCUT2D eigenvalue weighted by Gasteiger charge is 2.36. The van der Waals surface area contributed by atoms with Crippen molar-refractivity contribution in [3.8, 4) is 0 Å². The molecule has 7 heteroatoms. The number of hydrogen-bond donors (Lipinski definition) is 2. The topological polar surface area (TPSA) is 98.5 Å². The van der Waals surface area contributed by atoms with Gasteiger partial charge in [0.05, 0.1) is 11.4 Å². The fourth-order valence-electron chi connectivity index (χ4n) is 5.12. The standard InChI is InChI=1S/C20H36N2O4S/c21-27(24,25)19-12-5-4-11-18(19)22-20(23)16-9-6-10-17(13-16)26-14-15-7-2-1-3-8-15/h15-19H,1-14H2,(H,22,23)(H2,21,24,25). The molecule has 0 aromatic rings. The highest BCUT2D eigenvalue weighted by molar-refractivity contribution is 7.89. The third-order valence-electron chi connectivity index (χ3n) is 6.74. The first-order valence-corrected chi connectivity index (χ1v) is 12.5. The van der Waals surface area contributed by atoms with Crippen molar-refractivity contribution in [1.29, 1.82) is 0 Å². The molecule has 4 atom stereocenters. The Bertz CT molecular complexity index is 589. The van der Waals surface area contributed by atoms with Gasteiger partial charge in [0.15, 0.2) is 0 Å². The van der Waals surface area contributed by atoms with Crippen molar-refractivity contribution in [2.45, 2.75) is 101 Å². The van der Waals surface area contributed by atoms with E-state index in [1.807, 2.05) is 0 Å². The average molecular weight is 401 g/mol. The number of carbonyl (C=O) groups is 1. The number of nitrogens with one attached hydrogen (secondary N) is 1. The van der Waals surface area contributed by atoms with Crippen molar-refractivity contribution in [3.63, 3.8) is 0 Å². The van der Waals surface area contributed by atoms with Gasteiger partial charge in [0.1, 0.15) is 0 Å². The summed E-state index contributed by atoms with van der Waals surface area (Å²) in [4.78, 5) is 12.8. The van der Waals surface area contributed by atoms with Crippen LogP contribution in [0.4, 0.5) is 0 Å². The summed E-state index contributed by atoms with van der Waals surface area (Å²) in [6.07, 6.45) is 13.4. The molecule has 0 bridgehead atoms. The van der Waals surface area contributed by atoms with E-state index in [0.29, 0.717) is 18.8 Å². The van der Waals surface area contributed by atoms with Crippen molar-refractivity contribution in [2.24, 2.45) is 17.0 Å². The molecule has 156 valence electrons. The molecule has 0 aliphatic heterocycles. The van der Waals surface area contributed by atoms with Gasteiger partial charge in [0.25, 0.3) is 0 Å². The first-order valence-electron chi connectivity index (χ1n) is 10.9. The number of nitrogens with two attached hydrogens (primary N) is 1. The minimum absolute atomic E-state index is 0.0125. The predicted molar refractivity (Wildman–Crippen MR) is 106 cm³/mol. The van der Waals surface area contributed by atoms with Crippen molar-refractivity contribution in [2.75, 3.05) is 6.61 Å². The molecule has 6 nitrogen and oxygen atoms in total. The Balaban J connectivity index is 1.48. The second kappa shape index (κ2) is 9.70. The fourth-order valence-corrected chi connectivity index (χ4v) is 6.27. The molecule has 3 rings (SSSR count). The molecule has 0 aromatic heterocycles. The lowest BCUT2D eigenvalue weighted by molar-refractivity contribution is -0.129. The van der Waals surface area contributed by atoms with E-state index in [0.717, 1.165) is 45.1 Å². The van der Waals surface area contributed by atoms with Crippen LogP contribution in [0.15, 0.2) is 0 Å². The number of primary sulfonamides is 1. The highest BCUT2D eigenvalue weighted by Crippen LogP contribution is 2.30. The van der Waals surface area contributed by atoms with E-state index in [2.05, 4.69) is 5.32 Å². The smallest absolute Gasteiger partial charge is 0.223 e. The third kappa shape index (κ3) is 6.16. The number of rotatable bonds is 6. The van der Waals surface area contributed by atoms with Crippen LogP contribution in [0.3, 0.4) is 0 Å². The number of hydrogen-bond acceptors (Lipinski definition) is 4. The summed E-state index contributed by atoms with van der Waals surface area (Å²) in [6.45, 7) is 0.828. The van der Waals surface area contributed by atoms with Gasteiger partial charge in [-0.15, -0.1) is 0 Å². The molecule has 0 heterocycles. The molecule has 3 N–H and O–H groups in total. The number of sulfonamides is 1. The van der Waals surface area contributed by atoms with Gasteiger partial charge in [0.2, 0.25) is 15.9 Å². The Morgan fingerprint density at radius 2 is 1.63 bits per heavy atom. The molecule has 3 fully saturated rings. The molecule has 1 amide bonds. The van der Waals surface area contributed by atoms with Crippen LogP contribution in [0, 0.1) is 11.8 Å². The summed E-state index contributed by atoms with van der Waals surface area (Å²) in [7, 11) is -3.62. The van der Waals surface area contributed by atoms with Crippen molar-refractivity contribution < 1.29 is 17.9 Å². The van der Waals surface area contributed by atoms with Crippen molar-refractivity contribution in [3.05, 3.63) is 0 Å². The van der Waals surface area contributed by atoms with E-state index >= 15 is 0 Å². The molecule has 0 radical (unpaired) electrons. The van der Waals surface area contributed by atoms with Gasteiger partial charge in [-0.3, -0.25) is 4.79 Å². The number of amides is 1. The Labute approximate surface area is 164 Å². The zero-order valence-electron chi connectivity index (χ0n) is 16.4. The minimum Gasteiger partial charge on any atom is -0.378 e. The second-order valence-electron chi connectivity index (χ2n) is 8.85. The molecule has 4 unspecified atom stereocenters. The first kappa shape index (κ1) is 21.1. The van der Waals surface area contributed by atoms with E-state index in [1.165, 1.54) is 32.1 Å². The maximum atomic E-state index is 12.8. The Morgan fingerprint density at radius 1 is 0.926 bits per heavy atom. The van der Waals surface area contributed by atoms with Crippen LogP contribution >= 0.6 is 0 Å². The average Bonchev–Trinajstić information content (AvgIpc) is 2.67. The summed E-state index contributed by atoms with van der Waals surface area (Å²) in [5.74, 6) is 0.602. The second-order valence-corrected chi connectivity index (χ2v) is 10.6.